The molecular weight excluding hydrogens is 294 g/mol. The molecule has 2 heterocycles. The highest BCUT2D eigenvalue weighted by molar-refractivity contribution is 7.99. The largest absolute Gasteiger partial charge is 0.618 e. The van der Waals surface area contributed by atoms with E-state index in [0.29, 0.717) is 0 Å². The normalized spacial score (nSPS) is 11.1. The van der Waals surface area contributed by atoms with E-state index in [1.807, 2.05) is 30.6 Å². The molecule has 3 aromatic rings. The van der Waals surface area contributed by atoms with Crippen LogP contribution in [0, 0.1) is 5.21 Å². The van der Waals surface area contributed by atoms with Crippen LogP contribution < -0.4 is 4.73 Å². The lowest BCUT2D eigenvalue weighted by Gasteiger charge is -2.05. The number of rotatable bonds is 7. The Balaban J connectivity index is 1.40. The van der Waals surface area contributed by atoms with Crippen LogP contribution in [0.25, 0.3) is 11.0 Å². The fourth-order valence-corrected chi connectivity index (χ4v) is 3.37. The van der Waals surface area contributed by atoms with Crippen molar-refractivity contribution in [3.8, 4) is 0 Å². The first-order valence-corrected chi connectivity index (χ1v) is 8.54. The van der Waals surface area contributed by atoms with Gasteiger partial charge in [-0.2, -0.15) is 4.73 Å². The maximum Gasteiger partial charge on any atom is 0.251 e. The summed E-state index contributed by atoms with van der Waals surface area (Å²) in [6, 6.07) is 13.8. The van der Waals surface area contributed by atoms with Gasteiger partial charge < -0.3 is 9.77 Å². The molecule has 0 aliphatic rings. The highest BCUT2D eigenvalue weighted by Crippen LogP contribution is 2.16. The van der Waals surface area contributed by atoms with Crippen LogP contribution in [0.1, 0.15) is 19.3 Å². The molecule has 0 atom stereocenters. The summed E-state index contributed by atoms with van der Waals surface area (Å²) in [7, 11) is 0. The average molecular weight is 313 g/mol. The number of imidazole rings is 1. The molecule has 0 fully saturated rings. The van der Waals surface area contributed by atoms with Gasteiger partial charge in [0.2, 0.25) is 0 Å². The van der Waals surface area contributed by atoms with Gasteiger partial charge in [-0.05, 0) is 31.0 Å². The maximum absolute atomic E-state index is 11.5. The predicted molar refractivity (Wildman–Crippen MR) is 89.7 cm³/mol. The van der Waals surface area contributed by atoms with Gasteiger partial charge >= 0.3 is 0 Å². The Bertz CT molecular complexity index is 741. The van der Waals surface area contributed by atoms with Crippen LogP contribution in [0.4, 0.5) is 0 Å². The number of aromatic nitrogens is 3. The molecule has 4 nitrogen and oxygen atoms in total. The molecule has 1 aromatic carbocycles. The second-order valence-corrected chi connectivity index (χ2v) is 6.32. The van der Waals surface area contributed by atoms with Gasteiger partial charge in [0, 0.05) is 24.4 Å². The Morgan fingerprint density at radius 2 is 1.91 bits per heavy atom. The molecule has 5 heteroatoms. The van der Waals surface area contributed by atoms with E-state index in [1.54, 1.807) is 24.0 Å². The third-order valence-corrected chi connectivity index (χ3v) is 4.71. The van der Waals surface area contributed by atoms with Gasteiger partial charge in [-0.15, -0.1) is 0 Å². The van der Waals surface area contributed by atoms with Crippen molar-refractivity contribution in [2.45, 2.75) is 30.8 Å². The minimum atomic E-state index is 0.781. The Labute approximate surface area is 134 Å². The zero-order valence-corrected chi connectivity index (χ0v) is 13.2. The monoisotopic (exact) mass is 313 g/mol. The highest BCUT2D eigenvalue weighted by Gasteiger charge is 2.04. The molecular formula is C17H19N3OS. The summed E-state index contributed by atoms with van der Waals surface area (Å²) in [4.78, 5) is 4.40. The van der Waals surface area contributed by atoms with E-state index in [9.17, 15) is 5.21 Å². The van der Waals surface area contributed by atoms with E-state index >= 15 is 0 Å². The number of thioether (sulfide) groups is 1. The first-order valence-electron chi connectivity index (χ1n) is 7.55. The van der Waals surface area contributed by atoms with E-state index in [2.05, 4.69) is 21.7 Å². The van der Waals surface area contributed by atoms with Crippen molar-refractivity contribution in [2.75, 3.05) is 5.75 Å². The molecule has 0 saturated heterocycles. The summed E-state index contributed by atoms with van der Waals surface area (Å²) in [5.41, 5.74) is 2.26. The van der Waals surface area contributed by atoms with Crippen LogP contribution in [-0.2, 0) is 6.54 Å². The van der Waals surface area contributed by atoms with E-state index in [-0.39, 0.29) is 0 Å². The molecule has 22 heavy (non-hydrogen) atoms. The zero-order valence-electron chi connectivity index (χ0n) is 12.4. The van der Waals surface area contributed by atoms with E-state index in [0.717, 1.165) is 46.8 Å². The Hall–Kier alpha value is -2.01. The first kappa shape index (κ1) is 14.9. The van der Waals surface area contributed by atoms with Crippen molar-refractivity contribution in [1.29, 1.82) is 0 Å². The van der Waals surface area contributed by atoms with E-state index in [1.165, 1.54) is 5.52 Å². The SMILES string of the molecule is [O-][n+]1ccccc1SCCCCCn1cnc2ccccc21. The van der Waals surface area contributed by atoms with E-state index < -0.39 is 0 Å². The Kier molecular flexibility index (Phi) is 4.96. The summed E-state index contributed by atoms with van der Waals surface area (Å²) in [6.45, 7) is 0.998. The van der Waals surface area contributed by atoms with Crippen LogP contribution >= 0.6 is 11.8 Å². The van der Waals surface area contributed by atoms with Crippen LogP contribution in [-0.4, -0.2) is 15.3 Å². The molecule has 2 aromatic heterocycles. The van der Waals surface area contributed by atoms with Crippen LogP contribution in [0.3, 0.4) is 0 Å². The molecule has 3 rings (SSSR count). The number of hydrogen-bond donors (Lipinski definition) is 0. The fourth-order valence-electron chi connectivity index (χ4n) is 2.45. The number of pyridine rings is 1. The number of hydrogen-bond acceptors (Lipinski definition) is 3. The predicted octanol–water partition coefficient (Wildman–Crippen LogP) is 3.63. The van der Waals surface area contributed by atoms with Crippen molar-refractivity contribution in [3.05, 3.63) is 60.2 Å². The summed E-state index contributed by atoms with van der Waals surface area (Å²) in [5, 5.41) is 12.3. The number of benzene rings is 1. The second-order valence-electron chi connectivity index (χ2n) is 5.20. The average Bonchev–Trinajstić information content (AvgIpc) is 2.96. The summed E-state index contributed by atoms with van der Waals surface area (Å²) < 4.78 is 3.15. The lowest BCUT2D eigenvalue weighted by molar-refractivity contribution is -0.645. The molecule has 0 aliphatic carbocycles. The molecule has 114 valence electrons. The van der Waals surface area contributed by atoms with Crippen molar-refractivity contribution in [2.24, 2.45) is 0 Å². The number of nitrogens with zero attached hydrogens (tertiary/aromatic N) is 3. The third kappa shape index (κ3) is 3.60. The highest BCUT2D eigenvalue weighted by atomic mass is 32.2. The quantitative estimate of drug-likeness (QED) is 0.289. The Morgan fingerprint density at radius 3 is 2.82 bits per heavy atom. The van der Waals surface area contributed by atoms with Gasteiger partial charge in [0.15, 0.2) is 6.20 Å². The van der Waals surface area contributed by atoms with Crippen LogP contribution in [0.2, 0.25) is 0 Å². The van der Waals surface area contributed by atoms with Crippen molar-refractivity contribution < 1.29 is 4.73 Å². The van der Waals surface area contributed by atoms with Crippen LogP contribution in [0.5, 0.6) is 0 Å². The molecule has 0 saturated carbocycles. The lowest BCUT2D eigenvalue weighted by Crippen LogP contribution is -2.27. The number of unbranched alkanes of at least 4 members (excludes halogenated alkanes) is 2. The van der Waals surface area contributed by atoms with Gasteiger partial charge in [-0.1, -0.05) is 30.3 Å². The number of fused-ring (bicyclic) bond motifs is 1. The second kappa shape index (κ2) is 7.31. The topological polar surface area (TPSA) is 44.8 Å². The van der Waals surface area contributed by atoms with Gasteiger partial charge in [0.05, 0.1) is 17.4 Å². The summed E-state index contributed by atoms with van der Waals surface area (Å²) in [6.07, 6.45) is 6.88. The summed E-state index contributed by atoms with van der Waals surface area (Å²) in [5.74, 6) is 0.983. The smallest absolute Gasteiger partial charge is 0.251 e. The molecule has 0 amide bonds. The third-order valence-electron chi connectivity index (χ3n) is 3.61. The standard InChI is InChI=1S/C17H19N3OS/c21-20-12-6-4-10-17(20)22-13-7-1-5-11-19-14-18-15-8-2-3-9-16(15)19/h2-4,6,8-10,12,14H,1,5,7,11,13H2. The van der Waals surface area contributed by atoms with Gasteiger partial charge in [0.25, 0.3) is 5.03 Å². The lowest BCUT2D eigenvalue weighted by atomic mass is 10.2. The van der Waals surface area contributed by atoms with Gasteiger partial charge in [0.1, 0.15) is 0 Å². The molecule has 0 aliphatic heterocycles. The zero-order chi connectivity index (χ0) is 15.2. The first-order chi connectivity index (χ1) is 10.8. The maximum atomic E-state index is 11.5. The summed E-state index contributed by atoms with van der Waals surface area (Å²) >= 11 is 1.63. The molecule has 0 radical (unpaired) electrons. The van der Waals surface area contributed by atoms with Gasteiger partial charge in [-0.25, -0.2) is 4.98 Å². The fraction of sp³-hybridized carbons (Fsp3) is 0.294. The molecule has 0 spiro atoms. The van der Waals surface area contributed by atoms with Crippen molar-refractivity contribution in [1.82, 2.24) is 9.55 Å². The minimum Gasteiger partial charge on any atom is -0.618 e. The minimum absolute atomic E-state index is 0.781. The molecule has 0 bridgehead atoms. The van der Waals surface area contributed by atoms with Gasteiger partial charge in [-0.3, -0.25) is 0 Å². The molecule has 0 N–H and O–H groups in total. The van der Waals surface area contributed by atoms with Crippen molar-refractivity contribution in [3.63, 3.8) is 0 Å². The van der Waals surface area contributed by atoms with Crippen LogP contribution in [0.15, 0.2) is 60.0 Å². The number of aryl methyl sites for hydroxylation is 1. The number of para-hydroxylation sites is 2. The Morgan fingerprint density at radius 1 is 1.05 bits per heavy atom. The molecule has 0 unspecified atom stereocenters. The van der Waals surface area contributed by atoms with Crippen molar-refractivity contribution >= 4 is 22.8 Å². The van der Waals surface area contributed by atoms with E-state index in [4.69, 9.17) is 0 Å².